The lowest BCUT2D eigenvalue weighted by Gasteiger charge is -2.49. The van der Waals surface area contributed by atoms with Crippen molar-refractivity contribution >= 4 is 5.97 Å². The van der Waals surface area contributed by atoms with Gasteiger partial charge >= 0.3 is 5.97 Å². The predicted octanol–water partition coefficient (Wildman–Crippen LogP) is 5.06. The molecule has 0 aliphatic heterocycles. The van der Waals surface area contributed by atoms with Crippen molar-refractivity contribution in [2.24, 2.45) is 11.8 Å². The summed E-state index contributed by atoms with van der Waals surface area (Å²) >= 11 is 0. The third-order valence-corrected chi connectivity index (χ3v) is 6.69. The van der Waals surface area contributed by atoms with Crippen molar-refractivity contribution in [2.45, 2.75) is 51.0 Å². The molecule has 0 aromatic heterocycles. The number of carbonyl (C=O) groups is 1. The second-order valence-electron chi connectivity index (χ2n) is 8.18. The van der Waals surface area contributed by atoms with Crippen LogP contribution in [0.25, 0.3) is 0 Å². The van der Waals surface area contributed by atoms with Gasteiger partial charge in [-0.05, 0) is 65.8 Å². The normalized spacial score (nSPS) is 26.6. The lowest BCUT2D eigenvalue weighted by molar-refractivity contribution is -0.150. The van der Waals surface area contributed by atoms with E-state index in [4.69, 9.17) is 9.47 Å². The summed E-state index contributed by atoms with van der Waals surface area (Å²) in [5.74, 6) is 1.26. The van der Waals surface area contributed by atoms with Crippen LogP contribution in [0.1, 0.15) is 49.3 Å². The standard InChI is InChI=1S/C24H28O3/c1-24-14-6-9-20(23(25)26-2)21(24)13-11-18-10-12-19(15-22(18)24)27-16-17-7-4-3-5-8-17/h3-5,7-8,10,12,15,20-21H,6,9,11,13-14,16H2,1-2H3. The first kappa shape index (κ1) is 18.1. The summed E-state index contributed by atoms with van der Waals surface area (Å²) < 4.78 is 11.2. The summed E-state index contributed by atoms with van der Waals surface area (Å²) in [7, 11) is 1.51. The zero-order valence-corrected chi connectivity index (χ0v) is 16.2. The van der Waals surface area contributed by atoms with Crippen LogP contribution in [0, 0.1) is 11.8 Å². The zero-order valence-electron chi connectivity index (χ0n) is 16.2. The molecule has 2 aromatic rings. The molecule has 0 bridgehead atoms. The minimum Gasteiger partial charge on any atom is -0.489 e. The first-order valence-electron chi connectivity index (χ1n) is 10.00. The SMILES string of the molecule is COC(=O)C1CCCC2(C)c3cc(OCc4ccccc4)ccc3CCC12. The Hall–Kier alpha value is -2.29. The molecule has 142 valence electrons. The number of benzene rings is 2. The molecule has 2 aromatic carbocycles. The molecule has 3 unspecified atom stereocenters. The summed E-state index contributed by atoms with van der Waals surface area (Å²) in [4.78, 5) is 12.4. The second kappa shape index (κ2) is 7.38. The van der Waals surface area contributed by atoms with Gasteiger partial charge in [0.1, 0.15) is 12.4 Å². The smallest absolute Gasteiger partial charge is 0.308 e. The number of rotatable bonds is 4. The van der Waals surface area contributed by atoms with Crippen LogP contribution in [-0.2, 0) is 28.0 Å². The lowest BCUT2D eigenvalue weighted by Crippen LogP contribution is -2.46. The molecule has 3 atom stereocenters. The molecule has 0 spiro atoms. The monoisotopic (exact) mass is 364 g/mol. The van der Waals surface area contributed by atoms with Crippen LogP contribution in [0.2, 0.25) is 0 Å². The number of methoxy groups -OCH3 is 1. The fourth-order valence-electron chi connectivity index (χ4n) is 5.25. The van der Waals surface area contributed by atoms with Gasteiger partial charge in [0.05, 0.1) is 13.0 Å². The summed E-state index contributed by atoms with van der Waals surface area (Å²) in [6.45, 7) is 2.91. The van der Waals surface area contributed by atoms with Crippen molar-refractivity contribution in [3.63, 3.8) is 0 Å². The van der Waals surface area contributed by atoms with E-state index in [1.54, 1.807) is 0 Å². The molecule has 1 fully saturated rings. The van der Waals surface area contributed by atoms with Crippen LogP contribution in [0.3, 0.4) is 0 Å². The molecular formula is C24H28O3. The Morgan fingerprint density at radius 1 is 1.15 bits per heavy atom. The molecule has 0 N–H and O–H groups in total. The van der Waals surface area contributed by atoms with Gasteiger partial charge in [-0.3, -0.25) is 4.79 Å². The Kier molecular flexibility index (Phi) is 4.94. The van der Waals surface area contributed by atoms with Crippen LogP contribution < -0.4 is 4.74 Å². The number of esters is 1. The van der Waals surface area contributed by atoms with E-state index in [0.29, 0.717) is 12.5 Å². The molecular weight excluding hydrogens is 336 g/mol. The molecule has 0 radical (unpaired) electrons. The van der Waals surface area contributed by atoms with E-state index in [2.05, 4.69) is 37.3 Å². The summed E-state index contributed by atoms with van der Waals surface area (Å²) in [5.41, 5.74) is 3.98. The van der Waals surface area contributed by atoms with E-state index in [0.717, 1.165) is 37.9 Å². The molecule has 2 aliphatic carbocycles. The van der Waals surface area contributed by atoms with Crippen LogP contribution in [-0.4, -0.2) is 13.1 Å². The van der Waals surface area contributed by atoms with Gasteiger partial charge in [-0.2, -0.15) is 0 Å². The van der Waals surface area contributed by atoms with Crippen LogP contribution in [0.4, 0.5) is 0 Å². The van der Waals surface area contributed by atoms with Gasteiger partial charge in [0.15, 0.2) is 0 Å². The van der Waals surface area contributed by atoms with Crippen LogP contribution in [0.5, 0.6) is 5.75 Å². The number of fused-ring (bicyclic) bond motifs is 3. The number of aryl methyl sites for hydroxylation is 1. The maximum atomic E-state index is 12.4. The molecule has 2 aliphatic rings. The third-order valence-electron chi connectivity index (χ3n) is 6.69. The largest absolute Gasteiger partial charge is 0.489 e. The van der Waals surface area contributed by atoms with Gasteiger partial charge in [0.25, 0.3) is 0 Å². The van der Waals surface area contributed by atoms with Gasteiger partial charge in [-0.15, -0.1) is 0 Å². The fraction of sp³-hybridized carbons (Fsp3) is 0.458. The molecule has 1 saturated carbocycles. The highest BCUT2D eigenvalue weighted by atomic mass is 16.5. The highest BCUT2D eigenvalue weighted by molar-refractivity contribution is 5.73. The maximum Gasteiger partial charge on any atom is 0.308 e. The van der Waals surface area contributed by atoms with E-state index < -0.39 is 0 Å². The van der Waals surface area contributed by atoms with Crippen molar-refractivity contribution in [1.82, 2.24) is 0 Å². The van der Waals surface area contributed by atoms with E-state index in [1.807, 2.05) is 18.2 Å². The van der Waals surface area contributed by atoms with Gasteiger partial charge in [0, 0.05) is 0 Å². The Bertz CT molecular complexity index is 814. The molecule has 3 nitrogen and oxygen atoms in total. The van der Waals surface area contributed by atoms with Gasteiger partial charge in [-0.1, -0.05) is 49.7 Å². The quantitative estimate of drug-likeness (QED) is 0.712. The molecule has 4 rings (SSSR count). The van der Waals surface area contributed by atoms with Crippen molar-refractivity contribution in [2.75, 3.05) is 7.11 Å². The Morgan fingerprint density at radius 3 is 2.74 bits per heavy atom. The van der Waals surface area contributed by atoms with Crippen molar-refractivity contribution in [3.8, 4) is 5.75 Å². The lowest BCUT2D eigenvalue weighted by atomic mass is 9.55. The maximum absolute atomic E-state index is 12.4. The van der Waals surface area contributed by atoms with Gasteiger partial charge < -0.3 is 9.47 Å². The highest BCUT2D eigenvalue weighted by Crippen LogP contribution is 2.53. The first-order chi connectivity index (χ1) is 13.1. The Morgan fingerprint density at radius 2 is 1.96 bits per heavy atom. The Labute approximate surface area is 161 Å². The molecule has 0 heterocycles. The highest BCUT2D eigenvalue weighted by Gasteiger charge is 2.48. The van der Waals surface area contributed by atoms with E-state index in [1.165, 1.54) is 23.8 Å². The molecule has 3 heteroatoms. The number of carbonyl (C=O) groups excluding carboxylic acids is 1. The first-order valence-corrected chi connectivity index (χ1v) is 10.00. The third kappa shape index (κ3) is 3.36. The summed E-state index contributed by atoms with van der Waals surface area (Å²) in [6, 6.07) is 16.8. The fourth-order valence-corrected chi connectivity index (χ4v) is 5.25. The van der Waals surface area contributed by atoms with E-state index in [-0.39, 0.29) is 17.3 Å². The predicted molar refractivity (Wildman–Crippen MR) is 106 cm³/mol. The average Bonchev–Trinajstić information content (AvgIpc) is 2.71. The zero-order chi connectivity index (χ0) is 18.9. The van der Waals surface area contributed by atoms with Crippen molar-refractivity contribution < 1.29 is 14.3 Å². The molecule has 27 heavy (non-hydrogen) atoms. The van der Waals surface area contributed by atoms with Gasteiger partial charge in [0.2, 0.25) is 0 Å². The minimum absolute atomic E-state index is 0.0239. The average molecular weight is 364 g/mol. The Balaban J connectivity index is 1.60. The van der Waals surface area contributed by atoms with E-state index >= 15 is 0 Å². The topological polar surface area (TPSA) is 35.5 Å². The van der Waals surface area contributed by atoms with Crippen molar-refractivity contribution in [1.29, 1.82) is 0 Å². The van der Waals surface area contributed by atoms with E-state index in [9.17, 15) is 4.79 Å². The van der Waals surface area contributed by atoms with Crippen LogP contribution >= 0.6 is 0 Å². The number of hydrogen-bond acceptors (Lipinski definition) is 3. The van der Waals surface area contributed by atoms with Crippen LogP contribution in [0.15, 0.2) is 48.5 Å². The summed E-state index contributed by atoms with van der Waals surface area (Å²) in [6.07, 6.45) is 5.24. The molecule has 0 amide bonds. The molecule has 0 saturated heterocycles. The second-order valence-corrected chi connectivity index (χ2v) is 8.18. The van der Waals surface area contributed by atoms with Crippen molar-refractivity contribution in [3.05, 3.63) is 65.2 Å². The summed E-state index contributed by atoms with van der Waals surface area (Å²) in [5, 5.41) is 0. The number of ether oxygens (including phenoxy) is 2. The minimum atomic E-state index is -0.0362. The number of hydrogen-bond donors (Lipinski definition) is 0. The van der Waals surface area contributed by atoms with Gasteiger partial charge in [-0.25, -0.2) is 0 Å².